The summed E-state index contributed by atoms with van der Waals surface area (Å²) in [5.41, 5.74) is 1.57. The highest BCUT2D eigenvalue weighted by atomic mass is 19.1. The van der Waals surface area contributed by atoms with E-state index in [9.17, 15) is 13.6 Å². The Morgan fingerprint density at radius 2 is 1.88 bits per heavy atom. The Labute approximate surface area is 152 Å². The molecule has 26 heavy (non-hydrogen) atoms. The van der Waals surface area contributed by atoms with Gasteiger partial charge >= 0.3 is 6.03 Å². The van der Waals surface area contributed by atoms with Gasteiger partial charge < -0.3 is 16.0 Å². The van der Waals surface area contributed by atoms with Gasteiger partial charge in [-0.2, -0.15) is 0 Å². The van der Waals surface area contributed by atoms with Gasteiger partial charge in [-0.15, -0.1) is 0 Å². The van der Waals surface area contributed by atoms with Crippen molar-refractivity contribution in [1.82, 2.24) is 10.6 Å². The maximum absolute atomic E-state index is 13.1. The van der Waals surface area contributed by atoms with Gasteiger partial charge in [0, 0.05) is 18.3 Å². The van der Waals surface area contributed by atoms with Gasteiger partial charge in [0.05, 0.1) is 0 Å². The molecule has 3 N–H and O–H groups in total. The average molecular weight is 359 g/mol. The van der Waals surface area contributed by atoms with Crippen molar-refractivity contribution in [3.8, 4) is 0 Å². The van der Waals surface area contributed by atoms with Gasteiger partial charge in [-0.05, 0) is 67.6 Å². The molecule has 2 atom stereocenters. The van der Waals surface area contributed by atoms with Crippen LogP contribution in [0, 0.1) is 17.6 Å². The van der Waals surface area contributed by atoms with Crippen LogP contribution in [0.15, 0.2) is 48.5 Å². The van der Waals surface area contributed by atoms with E-state index in [1.807, 2.05) is 12.1 Å². The van der Waals surface area contributed by atoms with Crippen molar-refractivity contribution in [2.45, 2.75) is 25.3 Å². The van der Waals surface area contributed by atoms with Crippen LogP contribution in [0.4, 0.5) is 19.3 Å². The zero-order chi connectivity index (χ0) is 18.4. The first-order valence-corrected chi connectivity index (χ1v) is 8.87. The van der Waals surface area contributed by atoms with Crippen molar-refractivity contribution in [1.29, 1.82) is 0 Å². The van der Waals surface area contributed by atoms with E-state index in [0.717, 1.165) is 31.4 Å². The molecule has 1 heterocycles. The summed E-state index contributed by atoms with van der Waals surface area (Å²) in [5.74, 6) is -0.0834. The quantitative estimate of drug-likeness (QED) is 0.762. The van der Waals surface area contributed by atoms with Crippen LogP contribution in [0.5, 0.6) is 0 Å². The fourth-order valence-corrected chi connectivity index (χ4v) is 3.23. The number of rotatable bonds is 5. The largest absolute Gasteiger partial charge is 0.336 e. The molecule has 0 radical (unpaired) electrons. The lowest BCUT2D eigenvalue weighted by Crippen LogP contribution is -2.47. The molecule has 1 aliphatic rings. The number of halogens is 2. The van der Waals surface area contributed by atoms with Crippen molar-refractivity contribution in [3.63, 3.8) is 0 Å². The van der Waals surface area contributed by atoms with Crippen LogP contribution >= 0.6 is 0 Å². The van der Waals surface area contributed by atoms with Gasteiger partial charge in [-0.3, -0.25) is 0 Å². The van der Waals surface area contributed by atoms with E-state index in [0.29, 0.717) is 18.2 Å². The molecule has 2 amide bonds. The molecule has 2 aromatic carbocycles. The molecule has 0 bridgehead atoms. The number of nitrogens with one attached hydrogen (secondary N) is 3. The second kappa shape index (κ2) is 8.76. The van der Waals surface area contributed by atoms with Crippen LogP contribution in [0.3, 0.4) is 0 Å². The summed E-state index contributed by atoms with van der Waals surface area (Å²) in [4.78, 5) is 11.9. The van der Waals surface area contributed by atoms with Gasteiger partial charge in [0.15, 0.2) is 0 Å². The van der Waals surface area contributed by atoms with E-state index in [1.165, 1.54) is 24.3 Å². The number of carbonyl (C=O) groups excluding carboxylic acids is 1. The molecular weight excluding hydrogens is 336 g/mol. The summed E-state index contributed by atoms with van der Waals surface area (Å²) in [6.07, 6.45) is 2.95. The monoisotopic (exact) mass is 359 g/mol. The molecular formula is C20H23F2N3O. The van der Waals surface area contributed by atoms with E-state index >= 15 is 0 Å². The Kier molecular flexibility index (Phi) is 6.17. The fourth-order valence-electron chi connectivity index (χ4n) is 3.23. The number of anilines is 1. The third-order valence-corrected chi connectivity index (χ3v) is 4.65. The highest BCUT2D eigenvalue weighted by Gasteiger charge is 2.21. The highest BCUT2D eigenvalue weighted by molar-refractivity contribution is 5.89. The third-order valence-electron chi connectivity index (χ3n) is 4.65. The van der Waals surface area contributed by atoms with Crippen molar-refractivity contribution < 1.29 is 13.6 Å². The zero-order valence-corrected chi connectivity index (χ0v) is 14.5. The number of hydrogen-bond acceptors (Lipinski definition) is 2. The van der Waals surface area contributed by atoms with Crippen LogP contribution in [0.25, 0.3) is 0 Å². The second-order valence-corrected chi connectivity index (χ2v) is 6.72. The summed E-state index contributed by atoms with van der Waals surface area (Å²) in [6.45, 7) is 1.39. The number of hydrogen-bond donors (Lipinski definition) is 3. The number of carbonyl (C=O) groups is 1. The Hall–Kier alpha value is -2.47. The lowest BCUT2D eigenvalue weighted by Gasteiger charge is -2.30. The average Bonchev–Trinajstić information content (AvgIpc) is 2.63. The summed E-state index contributed by atoms with van der Waals surface area (Å²) < 4.78 is 26.1. The minimum atomic E-state index is -0.385. The summed E-state index contributed by atoms with van der Waals surface area (Å²) in [5, 5.41) is 8.89. The Morgan fingerprint density at radius 3 is 2.58 bits per heavy atom. The Bertz CT molecular complexity index is 728. The van der Waals surface area contributed by atoms with E-state index in [4.69, 9.17) is 0 Å². The van der Waals surface area contributed by atoms with Crippen LogP contribution in [0.2, 0.25) is 0 Å². The Balaban J connectivity index is 1.37. The first-order valence-electron chi connectivity index (χ1n) is 8.87. The van der Waals surface area contributed by atoms with Crippen LogP contribution in [-0.4, -0.2) is 25.2 Å². The highest BCUT2D eigenvalue weighted by Crippen LogP contribution is 2.19. The number of amides is 2. The number of urea groups is 1. The molecule has 1 fully saturated rings. The van der Waals surface area contributed by atoms with Crippen LogP contribution in [0.1, 0.15) is 18.4 Å². The van der Waals surface area contributed by atoms with Gasteiger partial charge in [0.2, 0.25) is 0 Å². The minimum Gasteiger partial charge on any atom is -0.336 e. The van der Waals surface area contributed by atoms with E-state index in [2.05, 4.69) is 16.0 Å². The predicted molar refractivity (Wildman–Crippen MR) is 98.0 cm³/mol. The predicted octanol–water partition coefficient (Wildman–Crippen LogP) is 3.70. The first kappa shape index (κ1) is 18.3. The summed E-state index contributed by atoms with van der Waals surface area (Å²) in [7, 11) is 0. The van der Waals surface area contributed by atoms with Gasteiger partial charge in [-0.25, -0.2) is 13.6 Å². The lowest BCUT2D eigenvalue weighted by molar-refractivity contribution is 0.247. The minimum absolute atomic E-state index is 0.210. The molecule has 0 spiro atoms. The SMILES string of the molecule is O=C(NC[C@H]1CC[C@H](Cc2ccc(F)cc2)CN1)Nc1cccc(F)c1. The van der Waals surface area contributed by atoms with Crippen molar-refractivity contribution in [3.05, 3.63) is 65.7 Å². The lowest BCUT2D eigenvalue weighted by atomic mass is 9.89. The standard InChI is InChI=1S/C20H23F2N3O/c21-16-7-4-14(5-8-16)10-15-6-9-19(23-12-15)13-24-20(26)25-18-3-1-2-17(22)11-18/h1-5,7-8,11,15,19,23H,6,9-10,12-13H2,(H2,24,25,26)/t15-,19-/m1/s1. The molecule has 2 aromatic rings. The molecule has 4 nitrogen and oxygen atoms in total. The summed E-state index contributed by atoms with van der Waals surface area (Å²) in [6, 6.07) is 12.3. The van der Waals surface area contributed by atoms with Crippen molar-refractivity contribution in [2.75, 3.05) is 18.4 Å². The van der Waals surface area contributed by atoms with Gasteiger partial charge in [0.25, 0.3) is 0 Å². The van der Waals surface area contributed by atoms with Crippen molar-refractivity contribution >= 4 is 11.7 Å². The molecule has 138 valence electrons. The first-order chi connectivity index (χ1) is 12.6. The van der Waals surface area contributed by atoms with Crippen LogP contribution < -0.4 is 16.0 Å². The molecule has 0 aliphatic carbocycles. The summed E-state index contributed by atoms with van der Waals surface area (Å²) >= 11 is 0. The molecule has 0 unspecified atom stereocenters. The van der Waals surface area contributed by atoms with Crippen LogP contribution in [-0.2, 0) is 6.42 Å². The smallest absolute Gasteiger partial charge is 0.319 e. The van der Waals surface area contributed by atoms with Gasteiger partial charge in [0.1, 0.15) is 11.6 Å². The van der Waals surface area contributed by atoms with Gasteiger partial charge in [-0.1, -0.05) is 18.2 Å². The molecule has 0 aromatic heterocycles. The zero-order valence-electron chi connectivity index (χ0n) is 14.5. The van der Waals surface area contributed by atoms with Crippen molar-refractivity contribution in [2.24, 2.45) is 5.92 Å². The maximum Gasteiger partial charge on any atom is 0.319 e. The fraction of sp³-hybridized carbons (Fsp3) is 0.350. The molecule has 0 saturated carbocycles. The Morgan fingerprint density at radius 1 is 1.08 bits per heavy atom. The molecule has 1 aliphatic heterocycles. The topological polar surface area (TPSA) is 53.2 Å². The second-order valence-electron chi connectivity index (χ2n) is 6.72. The number of benzene rings is 2. The normalized spacial score (nSPS) is 19.8. The number of piperidine rings is 1. The molecule has 1 saturated heterocycles. The van der Waals surface area contributed by atoms with E-state index in [-0.39, 0.29) is 23.7 Å². The van der Waals surface area contributed by atoms with E-state index in [1.54, 1.807) is 12.1 Å². The molecule has 6 heteroatoms. The third kappa shape index (κ3) is 5.52. The maximum atomic E-state index is 13.1. The van der Waals surface area contributed by atoms with E-state index < -0.39 is 0 Å². The molecule has 3 rings (SSSR count).